The lowest BCUT2D eigenvalue weighted by molar-refractivity contribution is -0.141. The molecule has 0 saturated heterocycles. The third-order valence-corrected chi connectivity index (χ3v) is 1.17. The number of hydrogen-bond donors (Lipinski definition) is 2. The molecule has 2 N–H and O–H groups in total. The molecule has 4 nitrogen and oxygen atoms in total. The van der Waals surface area contributed by atoms with Crippen molar-refractivity contribution in [2.75, 3.05) is 0 Å². The molecule has 0 aromatic carbocycles. The molecular weight excluding hydrogens is 202 g/mol. The zero-order chi connectivity index (χ0) is 11.6. The summed E-state index contributed by atoms with van der Waals surface area (Å²) in [6.07, 6.45) is -4.02. The van der Waals surface area contributed by atoms with Gasteiger partial charge in [0.25, 0.3) is 0 Å². The maximum atomic E-state index is 12.2. The molecule has 76 valence electrons. The summed E-state index contributed by atoms with van der Waals surface area (Å²) in [4.78, 5) is 2.96. The minimum atomic E-state index is -4.78. The van der Waals surface area contributed by atoms with Crippen LogP contribution >= 0.6 is 0 Å². The van der Waals surface area contributed by atoms with Crippen LogP contribution in [0.1, 0.15) is 7.06 Å². The molecule has 1 heterocycles. The maximum Gasteiger partial charge on any atom is 0.707 e. The Balaban J connectivity index is 3.12. The van der Waals surface area contributed by atoms with Gasteiger partial charge in [-0.25, -0.2) is 0 Å². The fourth-order valence-electron chi connectivity index (χ4n) is 0.697. The predicted octanol–water partition coefficient (Wildman–Crippen LogP) is 0.449. The smallest absolute Gasteiger partial charge is 0.512 e. The molecule has 1 aromatic rings. The van der Waals surface area contributed by atoms with E-state index in [-0.39, 0.29) is 0 Å². The molecule has 1 aromatic heterocycles. The second-order valence-corrected chi connectivity index (χ2v) is 2.22. The summed E-state index contributed by atoms with van der Waals surface area (Å²) >= 11 is 0. The quantitative estimate of drug-likeness (QED) is 0.692. The normalized spacial score (nSPS) is 12.2. The molecule has 0 aliphatic carbocycles. The van der Waals surface area contributed by atoms with E-state index in [9.17, 15) is 13.2 Å². The SMILES string of the molecule is [2H]c1c(OB(O)O)ccnc1C(F)(F)F. The summed E-state index contributed by atoms with van der Waals surface area (Å²) in [5.74, 6) is -0.604. The van der Waals surface area contributed by atoms with Crippen molar-refractivity contribution in [3.05, 3.63) is 24.0 Å². The van der Waals surface area contributed by atoms with Crippen molar-refractivity contribution < 1.29 is 29.2 Å². The second-order valence-electron chi connectivity index (χ2n) is 2.22. The van der Waals surface area contributed by atoms with Gasteiger partial charge in [-0.05, 0) is 6.07 Å². The van der Waals surface area contributed by atoms with Gasteiger partial charge in [-0.15, -0.1) is 0 Å². The van der Waals surface area contributed by atoms with E-state index in [1.165, 1.54) is 0 Å². The van der Waals surface area contributed by atoms with E-state index in [2.05, 4.69) is 9.64 Å². The van der Waals surface area contributed by atoms with Gasteiger partial charge in [-0.2, -0.15) is 13.2 Å². The highest BCUT2D eigenvalue weighted by atomic mass is 19.4. The molecule has 0 spiro atoms. The number of alkyl halides is 3. The Morgan fingerprint density at radius 2 is 2.14 bits per heavy atom. The van der Waals surface area contributed by atoms with Gasteiger partial charge in [0.05, 0.1) is 1.37 Å². The highest BCUT2D eigenvalue weighted by molar-refractivity contribution is 6.33. The van der Waals surface area contributed by atoms with Gasteiger partial charge in [-0.1, -0.05) is 0 Å². The molecular formula is C6H5BF3NO3. The van der Waals surface area contributed by atoms with Crippen molar-refractivity contribution in [3.63, 3.8) is 0 Å². The number of halogens is 3. The van der Waals surface area contributed by atoms with Crippen LogP contribution in [0.4, 0.5) is 13.2 Å². The Labute approximate surface area is 78.5 Å². The van der Waals surface area contributed by atoms with Gasteiger partial charge in [0.2, 0.25) is 0 Å². The van der Waals surface area contributed by atoms with Gasteiger partial charge in [0.1, 0.15) is 11.4 Å². The van der Waals surface area contributed by atoms with Crippen LogP contribution in [0, 0.1) is 0 Å². The van der Waals surface area contributed by atoms with Crippen molar-refractivity contribution in [1.82, 2.24) is 4.98 Å². The Morgan fingerprint density at radius 1 is 1.50 bits per heavy atom. The maximum absolute atomic E-state index is 12.2. The van der Waals surface area contributed by atoms with Crippen LogP contribution in [0.3, 0.4) is 0 Å². The number of nitrogens with zero attached hydrogens (tertiary/aromatic N) is 1. The van der Waals surface area contributed by atoms with Crippen molar-refractivity contribution in [2.45, 2.75) is 6.18 Å². The van der Waals surface area contributed by atoms with E-state index in [1.54, 1.807) is 0 Å². The fraction of sp³-hybridized carbons (Fsp3) is 0.167. The minimum absolute atomic E-state index is 0.604. The zero-order valence-electron chi connectivity index (χ0n) is 7.62. The highest BCUT2D eigenvalue weighted by Gasteiger charge is 2.32. The van der Waals surface area contributed by atoms with E-state index >= 15 is 0 Å². The standard InChI is InChI=1S/C6H5BF3NO3/c8-6(9,10)5-3-4(1-2-11-5)14-7(12)13/h1-3,12-13H/i3D. The third-order valence-electron chi connectivity index (χ3n) is 1.17. The zero-order valence-corrected chi connectivity index (χ0v) is 6.62. The summed E-state index contributed by atoms with van der Waals surface area (Å²) in [7, 11) is -2.28. The molecule has 0 atom stereocenters. The molecule has 0 aliphatic heterocycles. The average Bonchev–Trinajstić information content (AvgIpc) is 2.05. The summed E-state index contributed by atoms with van der Waals surface area (Å²) in [5.41, 5.74) is -1.44. The molecule has 0 fully saturated rings. The lowest BCUT2D eigenvalue weighted by atomic mass is 10.2. The van der Waals surface area contributed by atoms with Crippen LogP contribution in [-0.4, -0.2) is 22.4 Å². The van der Waals surface area contributed by atoms with Crippen LogP contribution in [0.15, 0.2) is 18.3 Å². The van der Waals surface area contributed by atoms with Crippen LogP contribution in [0.25, 0.3) is 0 Å². The summed E-state index contributed by atoms with van der Waals surface area (Å²) in [6, 6.07) is -0.116. The topological polar surface area (TPSA) is 62.6 Å². The number of rotatable bonds is 2. The first-order valence-corrected chi connectivity index (χ1v) is 3.38. The molecule has 8 heteroatoms. The lowest BCUT2D eigenvalue weighted by Gasteiger charge is -2.08. The van der Waals surface area contributed by atoms with Crippen molar-refractivity contribution in [1.29, 1.82) is 0 Å². The average molecular weight is 208 g/mol. The van der Waals surface area contributed by atoms with E-state index in [4.69, 9.17) is 11.4 Å². The Morgan fingerprint density at radius 3 is 2.64 bits per heavy atom. The van der Waals surface area contributed by atoms with E-state index in [0.29, 0.717) is 0 Å². The largest absolute Gasteiger partial charge is 0.707 e. The summed E-state index contributed by atoms with van der Waals surface area (Å²) in [5, 5.41) is 16.7. The molecule has 0 bridgehead atoms. The highest BCUT2D eigenvalue weighted by Crippen LogP contribution is 2.29. The second kappa shape index (κ2) is 3.85. The monoisotopic (exact) mass is 208 g/mol. The summed E-state index contributed by atoms with van der Waals surface area (Å²) in [6.45, 7) is 0. The van der Waals surface area contributed by atoms with Crippen LogP contribution in [0.5, 0.6) is 5.75 Å². The van der Waals surface area contributed by atoms with Crippen LogP contribution in [-0.2, 0) is 6.18 Å². The molecule has 14 heavy (non-hydrogen) atoms. The van der Waals surface area contributed by atoms with Gasteiger partial charge in [0.15, 0.2) is 0 Å². The van der Waals surface area contributed by atoms with Gasteiger partial charge in [-0.3, -0.25) is 4.98 Å². The van der Waals surface area contributed by atoms with Crippen LogP contribution < -0.4 is 4.65 Å². The van der Waals surface area contributed by atoms with Crippen molar-refractivity contribution in [2.24, 2.45) is 0 Å². The Kier molecular flexibility index (Phi) is 2.55. The summed E-state index contributed by atoms with van der Waals surface area (Å²) < 4.78 is 47.8. The van der Waals surface area contributed by atoms with Gasteiger partial charge in [0, 0.05) is 12.2 Å². The third kappa shape index (κ3) is 2.89. The predicted molar refractivity (Wildman–Crippen MR) is 40.1 cm³/mol. The molecule has 0 saturated carbocycles. The first kappa shape index (κ1) is 9.29. The number of pyridine rings is 1. The number of aromatic nitrogens is 1. The molecule has 0 radical (unpaired) electrons. The van der Waals surface area contributed by atoms with Gasteiger partial charge < -0.3 is 14.7 Å². The first-order chi connectivity index (χ1) is 6.82. The van der Waals surface area contributed by atoms with Gasteiger partial charge >= 0.3 is 13.5 Å². The van der Waals surface area contributed by atoms with Crippen molar-refractivity contribution in [3.8, 4) is 5.75 Å². The first-order valence-electron chi connectivity index (χ1n) is 3.88. The fourth-order valence-corrected chi connectivity index (χ4v) is 0.697. The minimum Gasteiger partial charge on any atom is -0.512 e. The Hall–Kier alpha value is -1.28. The number of hydrogen-bond acceptors (Lipinski definition) is 4. The molecule has 0 aliphatic rings. The Bertz CT molecular complexity index is 360. The van der Waals surface area contributed by atoms with E-state index in [0.717, 1.165) is 12.3 Å². The molecule has 0 amide bonds. The molecule has 1 rings (SSSR count). The molecule has 0 unspecified atom stereocenters. The van der Waals surface area contributed by atoms with Crippen LogP contribution in [0.2, 0.25) is 0 Å². The van der Waals surface area contributed by atoms with Crippen molar-refractivity contribution >= 4 is 7.32 Å². The van der Waals surface area contributed by atoms with E-state index < -0.39 is 31.0 Å². The lowest BCUT2D eigenvalue weighted by Crippen LogP contribution is -2.21. The van der Waals surface area contributed by atoms with E-state index in [1.807, 2.05) is 0 Å².